The van der Waals surface area contributed by atoms with E-state index in [9.17, 15) is 9.59 Å². The molecule has 0 aromatic carbocycles. The Morgan fingerprint density at radius 3 is 2.84 bits per heavy atom. The molecule has 1 saturated carbocycles. The number of aryl methyl sites for hydroxylation is 2. The molecule has 6 nitrogen and oxygen atoms in total. The molecule has 2 N–H and O–H groups in total. The van der Waals surface area contributed by atoms with E-state index >= 15 is 0 Å². The molecular formula is C13H20N4O2. The Morgan fingerprint density at radius 2 is 2.21 bits per heavy atom. The van der Waals surface area contributed by atoms with Crippen LogP contribution in [-0.4, -0.2) is 34.2 Å². The molecule has 0 saturated heterocycles. The van der Waals surface area contributed by atoms with Gasteiger partial charge >= 0.3 is 0 Å². The second-order valence-electron chi connectivity index (χ2n) is 4.92. The van der Waals surface area contributed by atoms with E-state index in [4.69, 9.17) is 0 Å². The Kier molecular flexibility index (Phi) is 4.19. The number of hydrogen-bond acceptors (Lipinski definition) is 3. The molecule has 0 spiro atoms. The van der Waals surface area contributed by atoms with E-state index in [1.807, 2.05) is 0 Å². The average molecular weight is 264 g/mol. The van der Waals surface area contributed by atoms with Gasteiger partial charge in [-0.3, -0.25) is 14.3 Å². The molecule has 1 fully saturated rings. The number of carbonyl (C=O) groups excluding carboxylic acids is 2. The van der Waals surface area contributed by atoms with Crippen LogP contribution in [0.4, 0.5) is 0 Å². The fraction of sp³-hybridized carbons (Fsp3) is 0.615. The maximum Gasteiger partial charge on any atom is 0.255 e. The van der Waals surface area contributed by atoms with Crippen molar-refractivity contribution in [3.05, 3.63) is 17.5 Å². The zero-order chi connectivity index (χ0) is 13.8. The molecule has 2 rings (SSSR count). The molecule has 1 aliphatic rings. The van der Waals surface area contributed by atoms with Crippen LogP contribution in [0.5, 0.6) is 0 Å². The molecular weight excluding hydrogens is 244 g/mol. The largest absolute Gasteiger partial charge is 0.352 e. The zero-order valence-electron chi connectivity index (χ0n) is 11.4. The number of aromatic nitrogens is 2. The normalized spacial score (nSPS) is 14.2. The van der Waals surface area contributed by atoms with Gasteiger partial charge < -0.3 is 10.6 Å². The predicted octanol–water partition coefficient (Wildman–Crippen LogP) is 0.610. The van der Waals surface area contributed by atoms with Crippen molar-refractivity contribution in [2.75, 3.05) is 6.54 Å². The highest BCUT2D eigenvalue weighted by molar-refractivity contribution is 5.97. The van der Waals surface area contributed by atoms with Crippen molar-refractivity contribution in [3.8, 4) is 0 Å². The summed E-state index contributed by atoms with van der Waals surface area (Å²) in [5, 5.41) is 9.71. The van der Waals surface area contributed by atoms with E-state index in [2.05, 4.69) is 22.7 Å². The van der Waals surface area contributed by atoms with E-state index in [0.717, 1.165) is 25.8 Å². The molecule has 6 heteroatoms. The van der Waals surface area contributed by atoms with E-state index in [0.29, 0.717) is 17.3 Å². The Labute approximate surface area is 112 Å². The summed E-state index contributed by atoms with van der Waals surface area (Å²) in [7, 11) is 0. The monoisotopic (exact) mass is 264 g/mol. The van der Waals surface area contributed by atoms with Gasteiger partial charge in [0, 0.05) is 18.8 Å². The van der Waals surface area contributed by atoms with Crippen LogP contribution in [0, 0.1) is 6.92 Å². The van der Waals surface area contributed by atoms with E-state index < -0.39 is 0 Å². The van der Waals surface area contributed by atoms with E-state index in [-0.39, 0.29) is 18.4 Å². The summed E-state index contributed by atoms with van der Waals surface area (Å²) in [6.07, 6.45) is 4.78. The first-order chi connectivity index (χ1) is 9.10. The number of rotatable bonds is 6. The molecule has 0 unspecified atom stereocenters. The lowest BCUT2D eigenvalue weighted by molar-refractivity contribution is -0.120. The van der Waals surface area contributed by atoms with Gasteiger partial charge in [0.15, 0.2) is 0 Å². The van der Waals surface area contributed by atoms with Gasteiger partial charge in [-0.15, -0.1) is 0 Å². The molecule has 1 aliphatic carbocycles. The summed E-state index contributed by atoms with van der Waals surface area (Å²) in [4.78, 5) is 23.4. The summed E-state index contributed by atoms with van der Waals surface area (Å²) in [6.45, 7) is 4.66. The lowest BCUT2D eigenvalue weighted by atomic mass is 10.2. The Balaban J connectivity index is 1.86. The van der Waals surface area contributed by atoms with Crippen LogP contribution in [-0.2, 0) is 11.3 Å². The first kappa shape index (κ1) is 13.6. The number of nitrogens with one attached hydrogen (secondary N) is 2. The standard InChI is InChI=1S/C13H20N4O2/c1-3-6-17-8-11(9(2)16-17)13(19)14-7-12(18)15-10-4-5-10/h8,10H,3-7H2,1-2H3,(H,14,19)(H,15,18). The SMILES string of the molecule is CCCn1cc(C(=O)NCC(=O)NC2CC2)c(C)n1. The summed E-state index contributed by atoms with van der Waals surface area (Å²) < 4.78 is 1.76. The minimum absolute atomic E-state index is 0.0216. The second kappa shape index (κ2) is 5.86. The lowest BCUT2D eigenvalue weighted by Crippen LogP contribution is -2.37. The molecule has 0 bridgehead atoms. The average Bonchev–Trinajstić information content (AvgIpc) is 3.09. The van der Waals surface area contributed by atoms with Gasteiger partial charge in [0.2, 0.25) is 5.91 Å². The van der Waals surface area contributed by atoms with Crippen LogP contribution in [0.2, 0.25) is 0 Å². The summed E-state index contributed by atoms with van der Waals surface area (Å²) in [6, 6.07) is 0.318. The van der Waals surface area contributed by atoms with Crippen molar-refractivity contribution < 1.29 is 9.59 Å². The Morgan fingerprint density at radius 1 is 1.47 bits per heavy atom. The molecule has 0 atom stereocenters. The molecule has 0 radical (unpaired) electrons. The lowest BCUT2D eigenvalue weighted by Gasteiger charge is -2.04. The van der Waals surface area contributed by atoms with Gasteiger partial charge in [-0.1, -0.05) is 6.92 Å². The highest BCUT2D eigenvalue weighted by Crippen LogP contribution is 2.18. The van der Waals surface area contributed by atoms with Crippen LogP contribution in [0.1, 0.15) is 42.2 Å². The molecule has 1 aromatic rings. The van der Waals surface area contributed by atoms with E-state index in [1.54, 1.807) is 17.8 Å². The first-order valence-electron chi connectivity index (χ1n) is 6.71. The van der Waals surface area contributed by atoms with Gasteiger partial charge in [0.25, 0.3) is 5.91 Å². The first-order valence-corrected chi connectivity index (χ1v) is 6.71. The maximum absolute atomic E-state index is 11.9. The van der Waals surface area contributed by atoms with Crippen molar-refractivity contribution >= 4 is 11.8 Å². The fourth-order valence-corrected chi connectivity index (χ4v) is 1.85. The summed E-state index contributed by atoms with van der Waals surface area (Å²) in [5.74, 6) is -0.375. The number of hydrogen-bond donors (Lipinski definition) is 2. The van der Waals surface area contributed by atoms with Crippen molar-refractivity contribution in [1.29, 1.82) is 0 Å². The smallest absolute Gasteiger partial charge is 0.255 e. The molecule has 104 valence electrons. The van der Waals surface area contributed by atoms with Crippen molar-refractivity contribution in [1.82, 2.24) is 20.4 Å². The van der Waals surface area contributed by atoms with Gasteiger partial charge in [-0.2, -0.15) is 5.10 Å². The minimum Gasteiger partial charge on any atom is -0.352 e. The Hall–Kier alpha value is -1.85. The third-order valence-corrected chi connectivity index (χ3v) is 3.00. The predicted molar refractivity (Wildman–Crippen MR) is 70.8 cm³/mol. The third-order valence-electron chi connectivity index (χ3n) is 3.00. The van der Waals surface area contributed by atoms with Crippen molar-refractivity contribution in [2.45, 2.75) is 45.7 Å². The van der Waals surface area contributed by atoms with Crippen LogP contribution < -0.4 is 10.6 Å². The number of nitrogens with zero attached hydrogens (tertiary/aromatic N) is 2. The van der Waals surface area contributed by atoms with Crippen molar-refractivity contribution in [2.24, 2.45) is 0 Å². The topological polar surface area (TPSA) is 76.0 Å². The molecule has 1 heterocycles. The minimum atomic E-state index is -0.245. The van der Waals surface area contributed by atoms with Crippen LogP contribution in [0.15, 0.2) is 6.20 Å². The highest BCUT2D eigenvalue weighted by Gasteiger charge is 2.23. The van der Waals surface area contributed by atoms with Gasteiger partial charge in [-0.05, 0) is 26.2 Å². The van der Waals surface area contributed by atoms with Crippen LogP contribution in [0.3, 0.4) is 0 Å². The van der Waals surface area contributed by atoms with Crippen LogP contribution >= 0.6 is 0 Å². The van der Waals surface area contributed by atoms with Crippen LogP contribution in [0.25, 0.3) is 0 Å². The number of amides is 2. The highest BCUT2D eigenvalue weighted by atomic mass is 16.2. The molecule has 19 heavy (non-hydrogen) atoms. The van der Waals surface area contributed by atoms with Gasteiger partial charge in [-0.25, -0.2) is 0 Å². The zero-order valence-corrected chi connectivity index (χ0v) is 11.4. The summed E-state index contributed by atoms with van der Waals surface area (Å²) >= 11 is 0. The second-order valence-corrected chi connectivity index (χ2v) is 4.92. The third kappa shape index (κ3) is 3.81. The summed E-state index contributed by atoms with van der Waals surface area (Å²) in [5.41, 5.74) is 1.22. The van der Waals surface area contributed by atoms with Crippen molar-refractivity contribution in [3.63, 3.8) is 0 Å². The molecule has 2 amide bonds. The number of carbonyl (C=O) groups is 2. The van der Waals surface area contributed by atoms with E-state index in [1.165, 1.54) is 0 Å². The molecule has 0 aliphatic heterocycles. The maximum atomic E-state index is 11.9. The van der Waals surface area contributed by atoms with Gasteiger partial charge in [0.1, 0.15) is 0 Å². The fourth-order valence-electron chi connectivity index (χ4n) is 1.85. The molecule has 1 aromatic heterocycles. The van der Waals surface area contributed by atoms with Gasteiger partial charge in [0.05, 0.1) is 17.8 Å². The Bertz CT molecular complexity index is 477. The quantitative estimate of drug-likeness (QED) is 0.790.